The summed E-state index contributed by atoms with van der Waals surface area (Å²) in [6.45, 7) is 1.52. The normalized spacial score (nSPS) is 27.3. The van der Waals surface area contributed by atoms with Crippen LogP contribution in [0.1, 0.15) is 49.4 Å². The van der Waals surface area contributed by atoms with Crippen LogP contribution in [0.25, 0.3) is 0 Å². The Morgan fingerprint density at radius 3 is 2.18 bits per heavy atom. The molecule has 2 aliphatic carbocycles. The number of amides is 1. The van der Waals surface area contributed by atoms with Gasteiger partial charge in [-0.25, -0.2) is 0 Å². The van der Waals surface area contributed by atoms with Gasteiger partial charge in [0.2, 0.25) is 5.91 Å². The molecule has 2 fully saturated rings. The predicted molar refractivity (Wildman–Crippen MR) is 83.6 cm³/mol. The molecular weight excluding hydrogens is 278 g/mol. The van der Waals surface area contributed by atoms with Gasteiger partial charge in [0.15, 0.2) is 5.78 Å². The van der Waals surface area contributed by atoms with Gasteiger partial charge in [0.25, 0.3) is 0 Å². The van der Waals surface area contributed by atoms with Crippen molar-refractivity contribution in [2.24, 2.45) is 17.8 Å². The highest BCUT2D eigenvalue weighted by Gasteiger charge is 2.41. The van der Waals surface area contributed by atoms with E-state index >= 15 is 0 Å². The van der Waals surface area contributed by atoms with E-state index in [1.807, 2.05) is 0 Å². The first-order valence-electron chi connectivity index (χ1n) is 8.00. The molecule has 1 aromatic carbocycles. The summed E-state index contributed by atoms with van der Waals surface area (Å²) in [5, 5.41) is 2.92. The second kappa shape index (κ2) is 6.03. The molecule has 22 heavy (non-hydrogen) atoms. The number of hydrogen-bond acceptors (Lipinski definition) is 3. The Kier molecular flexibility index (Phi) is 4.10. The summed E-state index contributed by atoms with van der Waals surface area (Å²) >= 11 is 0. The average molecular weight is 299 g/mol. The van der Waals surface area contributed by atoms with Gasteiger partial charge in [-0.2, -0.15) is 0 Å². The number of hydrogen-bond donors (Lipinski definition) is 1. The highest BCUT2D eigenvalue weighted by Crippen LogP contribution is 2.40. The molecule has 0 radical (unpaired) electrons. The number of nitrogens with one attached hydrogen (secondary N) is 1. The molecule has 116 valence electrons. The van der Waals surface area contributed by atoms with E-state index in [9.17, 15) is 14.4 Å². The van der Waals surface area contributed by atoms with Crippen molar-refractivity contribution in [1.82, 2.24) is 0 Å². The fraction of sp³-hybridized carbons (Fsp3) is 0.500. The Bertz CT molecular complexity index is 589. The van der Waals surface area contributed by atoms with Gasteiger partial charge >= 0.3 is 0 Å². The van der Waals surface area contributed by atoms with Crippen LogP contribution < -0.4 is 5.32 Å². The molecule has 2 aliphatic rings. The molecule has 0 unspecified atom stereocenters. The lowest BCUT2D eigenvalue weighted by atomic mass is 9.67. The second-order valence-corrected chi connectivity index (χ2v) is 6.52. The van der Waals surface area contributed by atoms with Crippen molar-refractivity contribution in [3.05, 3.63) is 29.8 Å². The van der Waals surface area contributed by atoms with Crippen LogP contribution in [-0.4, -0.2) is 17.5 Å². The number of anilines is 1. The summed E-state index contributed by atoms with van der Waals surface area (Å²) < 4.78 is 0. The molecule has 0 aromatic heterocycles. The van der Waals surface area contributed by atoms with E-state index in [1.165, 1.54) is 6.92 Å². The van der Waals surface area contributed by atoms with Crippen molar-refractivity contribution in [2.75, 3.05) is 5.32 Å². The van der Waals surface area contributed by atoms with E-state index in [-0.39, 0.29) is 29.4 Å². The molecule has 2 bridgehead atoms. The number of fused-ring (bicyclic) bond motifs is 2. The van der Waals surface area contributed by atoms with Crippen LogP contribution in [0.3, 0.4) is 0 Å². The van der Waals surface area contributed by atoms with Gasteiger partial charge in [0.05, 0.1) is 0 Å². The number of benzene rings is 1. The zero-order chi connectivity index (χ0) is 15.7. The lowest BCUT2D eigenvalue weighted by Crippen LogP contribution is -2.40. The number of ketones is 2. The monoisotopic (exact) mass is 299 g/mol. The Balaban J connectivity index is 1.64. The van der Waals surface area contributed by atoms with E-state index in [2.05, 4.69) is 5.32 Å². The topological polar surface area (TPSA) is 63.2 Å². The summed E-state index contributed by atoms with van der Waals surface area (Å²) in [4.78, 5) is 35.8. The van der Waals surface area contributed by atoms with E-state index in [4.69, 9.17) is 0 Å². The van der Waals surface area contributed by atoms with Gasteiger partial charge in [-0.1, -0.05) is 6.42 Å². The molecule has 4 nitrogen and oxygen atoms in total. The zero-order valence-corrected chi connectivity index (χ0v) is 12.8. The van der Waals surface area contributed by atoms with Crippen LogP contribution in [0, 0.1) is 17.8 Å². The first kappa shape index (κ1) is 14.9. The third-order valence-corrected chi connectivity index (χ3v) is 4.98. The van der Waals surface area contributed by atoms with Crippen LogP contribution in [0.2, 0.25) is 0 Å². The van der Waals surface area contributed by atoms with Gasteiger partial charge in [-0.3, -0.25) is 14.4 Å². The molecule has 3 rings (SSSR count). The highest BCUT2D eigenvalue weighted by molar-refractivity contribution is 5.97. The minimum Gasteiger partial charge on any atom is -0.326 e. The fourth-order valence-electron chi connectivity index (χ4n) is 3.73. The van der Waals surface area contributed by atoms with Crippen molar-refractivity contribution in [2.45, 2.75) is 39.0 Å². The molecule has 2 saturated carbocycles. The summed E-state index contributed by atoms with van der Waals surface area (Å²) in [7, 11) is 0. The van der Waals surface area contributed by atoms with Crippen molar-refractivity contribution in [3.8, 4) is 0 Å². The van der Waals surface area contributed by atoms with Gasteiger partial charge in [-0.05, 0) is 56.9 Å². The zero-order valence-electron chi connectivity index (χ0n) is 12.8. The van der Waals surface area contributed by atoms with Crippen LogP contribution in [0.4, 0.5) is 5.69 Å². The van der Waals surface area contributed by atoms with Crippen LogP contribution in [0.15, 0.2) is 24.3 Å². The molecule has 1 amide bonds. The Labute approximate surface area is 130 Å². The van der Waals surface area contributed by atoms with Crippen molar-refractivity contribution in [3.63, 3.8) is 0 Å². The minimum absolute atomic E-state index is 0.0000231. The van der Waals surface area contributed by atoms with Gasteiger partial charge in [0.1, 0.15) is 5.78 Å². The van der Waals surface area contributed by atoms with E-state index in [1.54, 1.807) is 24.3 Å². The number of Topliss-reactive ketones (excluding diaryl/α,β-unsaturated/α-hetero) is 2. The molecule has 0 aliphatic heterocycles. The van der Waals surface area contributed by atoms with Gasteiger partial charge < -0.3 is 5.32 Å². The summed E-state index contributed by atoms with van der Waals surface area (Å²) in [6.07, 6.45) is 4.36. The smallest absolute Gasteiger partial charge is 0.227 e. The van der Waals surface area contributed by atoms with Crippen molar-refractivity contribution >= 4 is 23.2 Å². The second-order valence-electron chi connectivity index (χ2n) is 6.52. The molecule has 0 heterocycles. The first-order chi connectivity index (χ1) is 10.5. The Morgan fingerprint density at radius 2 is 1.64 bits per heavy atom. The highest BCUT2D eigenvalue weighted by atomic mass is 16.2. The third kappa shape index (κ3) is 2.96. The quantitative estimate of drug-likeness (QED) is 0.872. The van der Waals surface area contributed by atoms with E-state index < -0.39 is 0 Å². The maximum absolute atomic E-state index is 12.4. The molecule has 4 heteroatoms. The van der Waals surface area contributed by atoms with Crippen LogP contribution in [-0.2, 0) is 9.59 Å². The number of rotatable bonds is 3. The van der Waals surface area contributed by atoms with Gasteiger partial charge in [-0.15, -0.1) is 0 Å². The maximum atomic E-state index is 12.4. The first-order valence-corrected chi connectivity index (χ1v) is 8.00. The van der Waals surface area contributed by atoms with Crippen LogP contribution >= 0.6 is 0 Å². The van der Waals surface area contributed by atoms with Crippen LogP contribution in [0.5, 0.6) is 0 Å². The predicted octanol–water partition coefficient (Wildman–Crippen LogP) is 3.22. The summed E-state index contributed by atoms with van der Waals surface area (Å²) in [5.41, 5.74) is 1.34. The third-order valence-electron chi connectivity index (χ3n) is 4.98. The largest absolute Gasteiger partial charge is 0.326 e. The Morgan fingerprint density at radius 1 is 1.05 bits per heavy atom. The lowest BCUT2D eigenvalue weighted by molar-refractivity contribution is -0.136. The molecular formula is C18H21NO3. The summed E-state index contributed by atoms with van der Waals surface area (Å²) in [6, 6.07) is 6.95. The lowest BCUT2D eigenvalue weighted by Gasteiger charge is -2.36. The van der Waals surface area contributed by atoms with Crippen molar-refractivity contribution in [1.29, 1.82) is 0 Å². The number of carbonyl (C=O) groups excluding carboxylic acids is 3. The van der Waals surface area contributed by atoms with Gasteiger partial charge in [0, 0.05) is 29.0 Å². The molecule has 0 saturated heterocycles. The molecule has 2 atom stereocenters. The van der Waals surface area contributed by atoms with E-state index in [0.29, 0.717) is 29.9 Å². The molecule has 1 N–H and O–H groups in total. The molecule has 1 aromatic rings. The standard InChI is InChI=1S/C18H21NO3/c1-11(20)12-5-7-16(8-6-12)19-18(22)15-9-13-3-2-4-14(10-15)17(13)21/h5-8,13-15H,2-4,9-10H2,1H3,(H,19,22)/t13-,14-/m1/s1. The summed E-state index contributed by atoms with van der Waals surface area (Å²) in [5.74, 6) is 0.491. The molecule has 0 spiro atoms. The SMILES string of the molecule is CC(=O)c1ccc(NC(=O)C2C[C@H]3CCC[C@H](C2)C3=O)cc1. The Hall–Kier alpha value is -1.97. The van der Waals surface area contributed by atoms with E-state index in [0.717, 1.165) is 19.3 Å². The fourth-order valence-corrected chi connectivity index (χ4v) is 3.73. The average Bonchev–Trinajstić information content (AvgIpc) is 2.47. The number of carbonyl (C=O) groups is 3. The van der Waals surface area contributed by atoms with Crippen molar-refractivity contribution < 1.29 is 14.4 Å². The maximum Gasteiger partial charge on any atom is 0.227 e. The minimum atomic E-state index is -0.0690.